The summed E-state index contributed by atoms with van der Waals surface area (Å²) in [6, 6.07) is 0. The molecule has 0 amide bonds. The van der Waals surface area contributed by atoms with Gasteiger partial charge in [-0.15, -0.1) is 0 Å². The summed E-state index contributed by atoms with van der Waals surface area (Å²) in [6.07, 6.45) is -14.1. The average molecular weight is 754 g/mol. The average Bonchev–Trinajstić information content (AvgIpc) is 3.73. The van der Waals surface area contributed by atoms with Gasteiger partial charge >= 0.3 is 62.0 Å². The molecule has 274 valence electrons. The van der Waals surface area contributed by atoms with Gasteiger partial charge in [-0.05, 0) is 5.76 Å². The van der Waals surface area contributed by atoms with E-state index in [1.165, 1.54) is 0 Å². The molecule has 4 rings (SSSR count). The fraction of sp³-hybridized carbons (Fsp3) is 0.500. The molecule has 0 radical (unpaired) electrons. The van der Waals surface area contributed by atoms with E-state index >= 15 is 0 Å². The van der Waals surface area contributed by atoms with Crippen molar-refractivity contribution in [1.29, 1.82) is 0 Å². The second-order valence-electron chi connectivity index (χ2n) is 9.65. The van der Waals surface area contributed by atoms with E-state index in [1.54, 1.807) is 0 Å². The molecule has 0 aromatic rings. The number of rotatable bonds is 14. The Balaban J connectivity index is 0.000000564. The number of hydrogen-bond acceptors (Lipinski definition) is 24. The van der Waals surface area contributed by atoms with Gasteiger partial charge in [-0.1, -0.05) is 0 Å². The van der Waals surface area contributed by atoms with Crippen molar-refractivity contribution in [3.05, 3.63) is 46.1 Å². The number of aliphatic hydroxyl groups is 12. The first-order chi connectivity index (χ1) is 23.0. The van der Waals surface area contributed by atoms with Crippen molar-refractivity contribution in [2.45, 2.75) is 48.8 Å². The Bertz CT molecular complexity index is 1310. The van der Waals surface area contributed by atoms with E-state index in [-0.39, 0.29) is 29.6 Å². The molecule has 4 aliphatic rings. The normalized spacial score (nSPS) is 25.7. The standard InChI is InChI=1S/C18H21O18P.C6H8O6.Na/c19-1-4(22)10-13(7(25)16(28)31-10)34-37(35-14-8(26)17(29)32-11(14)5(23)2-20)36-15-9(27)18(30)33-12(15)6(24)3-21;7-1-2(8)5-3(9)4(10)6(11)12-5;/h4-6,10-12,19-27H,1-3H2;2,5,7-10H,1H2;/q;;+1/p-1/t4-,5-,6-,10+,11+,12+;2-,5+;/m00./s1. The van der Waals surface area contributed by atoms with E-state index in [1.807, 2.05) is 0 Å². The van der Waals surface area contributed by atoms with Gasteiger partial charge in [0.1, 0.15) is 30.5 Å². The number of aliphatic hydroxyl groups excluding tert-OH is 12. The molecule has 12 N–H and O–H groups in total. The summed E-state index contributed by atoms with van der Waals surface area (Å²) in [6.45, 7) is -3.72. The topological polar surface area (TPSA) is 399 Å². The molecule has 4 heterocycles. The predicted octanol–water partition coefficient (Wildman–Crippen LogP) is -9.19. The summed E-state index contributed by atoms with van der Waals surface area (Å²) in [5.41, 5.74) is 0. The summed E-state index contributed by atoms with van der Waals surface area (Å²) in [5.74, 6) is -13.9. The Morgan fingerprint density at radius 3 is 1.00 bits per heavy atom. The second kappa shape index (κ2) is 18.0. The molecular formula is C24H28NaO24P. The summed E-state index contributed by atoms with van der Waals surface area (Å²) in [7, 11) is -3.33. The fourth-order valence-electron chi connectivity index (χ4n) is 3.82. The fourth-order valence-corrected chi connectivity index (χ4v) is 4.98. The Hall–Kier alpha value is -3.65. The van der Waals surface area contributed by atoms with Gasteiger partial charge in [0, 0.05) is 0 Å². The molecule has 0 unspecified atom stereocenters. The van der Waals surface area contributed by atoms with Crippen molar-refractivity contribution in [1.82, 2.24) is 0 Å². The van der Waals surface area contributed by atoms with Gasteiger partial charge in [-0.25, -0.2) is 19.2 Å². The zero-order valence-corrected chi connectivity index (χ0v) is 28.1. The minimum Gasteiger partial charge on any atom is -0.870 e. The van der Waals surface area contributed by atoms with Crippen LogP contribution in [0.3, 0.4) is 0 Å². The first-order valence-corrected chi connectivity index (χ1v) is 14.3. The molecule has 0 aromatic heterocycles. The molecule has 8 atom stereocenters. The van der Waals surface area contributed by atoms with Gasteiger partial charge in [0.15, 0.2) is 24.1 Å². The largest absolute Gasteiger partial charge is 1.00 e. The number of ether oxygens (including phenoxy) is 4. The van der Waals surface area contributed by atoms with Crippen LogP contribution in [0.2, 0.25) is 0 Å². The van der Waals surface area contributed by atoms with Gasteiger partial charge in [0.05, 0.1) is 26.4 Å². The molecule has 0 spiro atoms. The SMILES string of the molecule is O=C1O[C@H]([C@@H](O)CO)C(OP(OC2=C(O)C(=O)O[C@@H]2[C@@H](O)CO)OC2=C(O)C(=O)O[C@@H]2[C@@H](O)CO)=C1O.O=C1O[C@H]([C@@H](O)CO)C([O-])=C1O.[Na+]. The van der Waals surface area contributed by atoms with E-state index in [2.05, 4.69) is 18.9 Å². The van der Waals surface area contributed by atoms with Crippen LogP contribution in [0.15, 0.2) is 46.1 Å². The van der Waals surface area contributed by atoms with Crippen molar-refractivity contribution < 1.29 is 148 Å². The van der Waals surface area contributed by atoms with E-state index in [9.17, 15) is 70.2 Å². The van der Waals surface area contributed by atoms with Gasteiger partial charge in [0.25, 0.3) is 0 Å². The molecule has 50 heavy (non-hydrogen) atoms. The molecule has 26 heteroatoms. The summed E-state index contributed by atoms with van der Waals surface area (Å²) >= 11 is 0. The van der Waals surface area contributed by atoms with Gasteiger partial charge < -0.3 is 98.9 Å². The molecule has 0 aromatic carbocycles. The number of cyclic esters (lactones) is 4. The number of carbonyl (C=O) groups excluding carboxylic acids is 4. The predicted molar refractivity (Wildman–Crippen MR) is 141 cm³/mol. The minimum absolute atomic E-state index is 0. The minimum atomic E-state index is -3.33. The maximum Gasteiger partial charge on any atom is 1.00 e. The van der Waals surface area contributed by atoms with Gasteiger partial charge in [-0.3, -0.25) is 0 Å². The molecule has 0 bridgehead atoms. The first kappa shape index (κ1) is 42.5. The zero-order chi connectivity index (χ0) is 36.9. The molecule has 0 saturated heterocycles. The van der Waals surface area contributed by atoms with E-state index in [0.29, 0.717) is 0 Å². The van der Waals surface area contributed by atoms with Crippen molar-refractivity contribution in [3.8, 4) is 0 Å². The van der Waals surface area contributed by atoms with Crippen LogP contribution >= 0.6 is 8.60 Å². The monoisotopic (exact) mass is 754 g/mol. The van der Waals surface area contributed by atoms with Crippen LogP contribution in [0.4, 0.5) is 0 Å². The van der Waals surface area contributed by atoms with Crippen LogP contribution in [-0.2, 0) is 51.7 Å². The van der Waals surface area contributed by atoms with Crippen molar-refractivity contribution >= 4 is 32.5 Å². The van der Waals surface area contributed by atoms with Crippen LogP contribution in [0.25, 0.3) is 0 Å². The van der Waals surface area contributed by atoms with E-state index < -0.39 is 154 Å². The number of esters is 4. The molecule has 4 aliphatic heterocycles. The van der Waals surface area contributed by atoms with Crippen LogP contribution in [0.5, 0.6) is 0 Å². The summed E-state index contributed by atoms with van der Waals surface area (Å²) in [4.78, 5) is 45.9. The van der Waals surface area contributed by atoms with E-state index in [0.717, 1.165) is 0 Å². The van der Waals surface area contributed by atoms with Gasteiger partial charge in [0.2, 0.25) is 34.6 Å². The Kier molecular flexibility index (Phi) is 15.3. The van der Waals surface area contributed by atoms with Crippen LogP contribution in [0, 0.1) is 0 Å². The third-order valence-electron chi connectivity index (χ3n) is 6.34. The van der Waals surface area contributed by atoms with Crippen molar-refractivity contribution in [3.63, 3.8) is 0 Å². The molecule has 24 nitrogen and oxygen atoms in total. The second-order valence-corrected chi connectivity index (χ2v) is 10.6. The molecule has 0 fully saturated rings. The Labute approximate surface area is 300 Å². The van der Waals surface area contributed by atoms with Gasteiger partial charge in [-0.2, -0.15) is 0 Å². The Morgan fingerprint density at radius 2 is 0.760 bits per heavy atom. The van der Waals surface area contributed by atoms with Crippen LogP contribution < -0.4 is 34.7 Å². The number of carbonyl (C=O) groups is 4. The van der Waals surface area contributed by atoms with E-state index in [4.69, 9.17) is 28.9 Å². The summed E-state index contributed by atoms with van der Waals surface area (Å²) in [5, 5.41) is 124. The smallest absolute Gasteiger partial charge is 0.870 e. The number of hydrogen-bond donors (Lipinski definition) is 12. The van der Waals surface area contributed by atoms with Crippen LogP contribution in [-0.4, -0.2) is 160 Å². The summed E-state index contributed by atoms with van der Waals surface area (Å²) < 4.78 is 34.1. The Morgan fingerprint density at radius 1 is 0.520 bits per heavy atom. The first-order valence-electron chi connectivity index (χ1n) is 13.3. The maximum atomic E-state index is 11.8. The van der Waals surface area contributed by atoms with Crippen molar-refractivity contribution in [2.24, 2.45) is 0 Å². The molecular weight excluding hydrogens is 726 g/mol. The third-order valence-corrected chi connectivity index (χ3v) is 7.38. The van der Waals surface area contributed by atoms with Crippen LogP contribution in [0.1, 0.15) is 0 Å². The molecule has 0 aliphatic carbocycles. The molecule has 0 saturated carbocycles. The zero-order valence-electron chi connectivity index (χ0n) is 25.2. The third kappa shape index (κ3) is 8.98. The quantitative estimate of drug-likeness (QED) is 0.0339. The van der Waals surface area contributed by atoms with Crippen molar-refractivity contribution in [2.75, 3.05) is 26.4 Å². The maximum absolute atomic E-state index is 11.8.